The molecule has 1 aromatic carbocycles. The number of nitrogens with zero attached hydrogens (tertiary/aromatic N) is 1. The monoisotopic (exact) mass is 289 g/mol. The van der Waals surface area contributed by atoms with E-state index in [2.05, 4.69) is 15.6 Å². The Hall–Kier alpha value is -1.46. The molecule has 0 aliphatic carbocycles. The predicted octanol–water partition coefficient (Wildman–Crippen LogP) is 3.08. The Morgan fingerprint density at radius 1 is 1.45 bits per heavy atom. The minimum absolute atomic E-state index is 0.0535. The van der Waals surface area contributed by atoms with Gasteiger partial charge in [-0.3, -0.25) is 4.79 Å². The molecule has 1 unspecified atom stereocenters. The van der Waals surface area contributed by atoms with E-state index in [0.717, 1.165) is 46.7 Å². The van der Waals surface area contributed by atoms with Crippen molar-refractivity contribution in [2.45, 2.75) is 38.6 Å². The van der Waals surface area contributed by atoms with Gasteiger partial charge in [-0.15, -0.1) is 11.3 Å². The van der Waals surface area contributed by atoms with Crippen LogP contribution < -0.4 is 10.6 Å². The molecule has 1 aromatic heterocycles. The first-order chi connectivity index (χ1) is 9.57. The van der Waals surface area contributed by atoms with Crippen molar-refractivity contribution in [3.63, 3.8) is 0 Å². The van der Waals surface area contributed by atoms with E-state index in [1.165, 1.54) is 0 Å². The van der Waals surface area contributed by atoms with Crippen molar-refractivity contribution in [3.05, 3.63) is 23.2 Å². The van der Waals surface area contributed by atoms with Crippen molar-refractivity contribution in [1.29, 1.82) is 0 Å². The van der Waals surface area contributed by atoms with E-state index in [9.17, 15) is 4.79 Å². The molecule has 2 heterocycles. The number of amides is 1. The summed E-state index contributed by atoms with van der Waals surface area (Å²) in [5, 5.41) is 7.41. The lowest BCUT2D eigenvalue weighted by Gasteiger charge is -2.33. The normalized spacial score (nSPS) is 22.9. The number of carbonyl (C=O) groups excluding carboxylic acids is 1. The van der Waals surface area contributed by atoms with Crippen LogP contribution >= 0.6 is 11.3 Å². The molecule has 4 nitrogen and oxygen atoms in total. The summed E-state index contributed by atoms with van der Waals surface area (Å²) in [5.41, 5.74) is 1.39. The number of rotatable bonds is 2. The maximum atomic E-state index is 12.4. The number of nitrogens with one attached hydrogen (secondary N) is 2. The number of aryl methyl sites for hydroxylation is 1. The molecule has 1 aliphatic rings. The minimum Gasteiger partial charge on any atom is -0.324 e. The lowest BCUT2D eigenvalue weighted by atomic mass is 9.90. The van der Waals surface area contributed by atoms with Gasteiger partial charge in [0.2, 0.25) is 5.91 Å². The zero-order valence-corrected chi connectivity index (χ0v) is 12.6. The number of aromatic nitrogens is 1. The summed E-state index contributed by atoms with van der Waals surface area (Å²) >= 11 is 1.65. The summed E-state index contributed by atoms with van der Waals surface area (Å²) in [6, 6.07) is 5.89. The number of hydrogen-bond donors (Lipinski definition) is 2. The van der Waals surface area contributed by atoms with Crippen molar-refractivity contribution in [2.75, 3.05) is 11.9 Å². The number of piperidine rings is 1. The fourth-order valence-electron chi connectivity index (χ4n) is 2.64. The van der Waals surface area contributed by atoms with Crippen LogP contribution in [0.25, 0.3) is 10.2 Å². The summed E-state index contributed by atoms with van der Waals surface area (Å²) < 4.78 is 1.11. The highest BCUT2D eigenvalue weighted by atomic mass is 32.1. The summed E-state index contributed by atoms with van der Waals surface area (Å²) in [7, 11) is 0. The molecule has 0 saturated carbocycles. The second-order valence-electron chi connectivity index (χ2n) is 5.59. The van der Waals surface area contributed by atoms with Crippen molar-refractivity contribution in [3.8, 4) is 0 Å². The van der Waals surface area contributed by atoms with Gasteiger partial charge in [0.05, 0.1) is 20.8 Å². The number of hydrogen-bond acceptors (Lipinski definition) is 4. The molecule has 0 spiro atoms. The van der Waals surface area contributed by atoms with Crippen LogP contribution in [0.1, 0.15) is 31.2 Å². The largest absolute Gasteiger partial charge is 0.324 e. The van der Waals surface area contributed by atoms with Crippen LogP contribution in [-0.2, 0) is 4.79 Å². The van der Waals surface area contributed by atoms with Gasteiger partial charge in [0.25, 0.3) is 0 Å². The SMILES string of the molecule is Cc1nc2ccc(NC(=O)C3(C)CCCCN3)cc2s1. The smallest absolute Gasteiger partial charge is 0.244 e. The van der Waals surface area contributed by atoms with Crippen molar-refractivity contribution < 1.29 is 4.79 Å². The van der Waals surface area contributed by atoms with Gasteiger partial charge in [0.1, 0.15) is 0 Å². The molecule has 0 radical (unpaired) electrons. The van der Waals surface area contributed by atoms with Gasteiger partial charge in [-0.1, -0.05) is 0 Å². The number of thiazole rings is 1. The number of benzene rings is 1. The lowest BCUT2D eigenvalue weighted by molar-refractivity contribution is -0.122. The Labute approximate surface area is 122 Å². The summed E-state index contributed by atoms with van der Waals surface area (Å²) in [6.07, 6.45) is 3.14. The first kappa shape index (κ1) is 13.5. The highest BCUT2D eigenvalue weighted by Crippen LogP contribution is 2.26. The van der Waals surface area contributed by atoms with Gasteiger partial charge in [0, 0.05) is 5.69 Å². The second kappa shape index (κ2) is 5.14. The molecule has 1 saturated heterocycles. The van der Waals surface area contributed by atoms with Crippen molar-refractivity contribution >= 4 is 33.1 Å². The molecule has 1 aliphatic heterocycles. The molecule has 3 rings (SSSR count). The molecule has 1 fully saturated rings. The van der Waals surface area contributed by atoms with Crippen LogP contribution in [0.4, 0.5) is 5.69 Å². The summed E-state index contributed by atoms with van der Waals surface area (Å²) in [4.78, 5) is 16.9. The molecular weight excluding hydrogens is 270 g/mol. The molecule has 2 N–H and O–H groups in total. The molecule has 106 valence electrons. The number of fused-ring (bicyclic) bond motifs is 1. The predicted molar refractivity (Wildman–Crippen MR) is 83.2 cm³/mol. The standard InChI is InChI=1S/C15H19N3OS/c1-10-17-12-6-5-11(9-13(12)20-10)18-14(19)15(2)7-3-4-8-16-15/h5-6,9,16H,3-4,7-8H2,1-2H3,(H,18,19). The minimum atomic E-state index is -0.448. The molecular formula is C15H19N3OS. The molecule has 20 heavy (non-hydrogen) atoms. The van der Waals surface area contributed by atoms with Gasteiger partial charge in [0.15, 0.2) is 0 Å². The van der Waals surface area contributed by atoms with Gasteiger partial charge in [-0.2, -0.15) is 0 Å². The van der Waals surface area contributed by atoms with Gasteiger partial charge in [-0.05, 0) is 57.9 Å². The third-order valence-corrected chi connectivity index (χ3v) is 4.81. The van der Waals surface area contributed by atoms with Crippen LogP contribution in [0.15, 0.2) is 18.2 Å². The van der Waals surface area contributed by atoms with E-state index in [-0.39, 0.29) is 5.91 Å². The Morgan fingerprint density at radius 3 is 3.05 bits per heavy atom. The van der Waals surface area contributed by atoms with Crippen LogP contribution in [0, 0.1) is 6.92 Å². The molecule has 1 amide bonds. The first-order valence-electron chi connectivity index (χ1n) is 7.00. The third-order valence-electron chi connectivity index (χ3n) is 3.87. The molecule has 0 bridgehead atoms. The first-order valence-corrected chi connectivity index (χ1v) is 7.82. The van der Waals surface area contributed by atoms with E-state index in [0.29, 0.717) is 0 Å². The summed E-state index contributed by atoms with van der Waals surface area (Å²) in [5.74, 6) is 0.0535. The van der Waals surface area contributed by atoms with Crippen molar-refractivity contribution in [2.24, 2.45) is 0 Å². The van der Waals surface area contributed by atoms with E-state index >= 15 is 0 Å². The Morgan fingerprint density at radius 2 is 2.30 bits per heavy atom. The highest BCUT2D eigenvalue weighted by molar-refractivity contribution is 7.18. The number of anilines is 1. The Kier molecular flexibility index (Phi) is 3.48. The zero-order valence-electron chi connectivity index (χ0n) is 11.8. The number of carbonyl (C=O) groups is 1. The molecule has 1 atom stereocenters. The fraction of sp³-hybridized carbons (Fsp3) is 0.467. The van der Waals surface area contributed by atoms with Crippen molar-refractivity contribution in [1.82, 2.24) is 10.3 Å². The van der Waals surface area contributed by atoms with Gasteiger partial charge >= 0.3 is 0 Å². The van der Waals surface area contributed by atoms with E-state index < -0.39 is 5.54 Å². The average Bonchev–Trinajstić information content (AvgIpc) is 2.79. The maximum Gasteiger partial charge on any atom is 0.244 e. The van der Waals surface area contributed by atoms with E-state index in [1.807, 2.05) is 32.0 Å². The Bertz CT molecular complexity index is 644. The highest BCUT2D eigenvalue weighted by Gasteiger charge is 2.34. The van der Waals surface area contributed by atoms with Crippen LogP contribution in [0.2, 0.25) is 0 Å². The topological polar surface area (TPSA) is 54.0 Å². The quantitative estimate of drug-likeness (QED) is 0.893. The van der Waals surface area contributed by atoms with E-state index in [4.69, 9.17) is 0 Å². The van der Waals surface area contributed by atoms with Gasteiger partial charge in [-0.25, -0.2) is 4.98 Å². The summed E-state index contributed by atoms with van der Waals surface area (Å²) in [6.45, 7) is 4.89. The fourth-order valence-corrected chi connectivity index (χ4v) is 3.50. The van der Waals surface area contributed by atoms with Crippen LogP contribution in [0.3, 0.4) is 0 Å². The van der Waals surface area contributed by atoms with Crippen LogP contribution in [0.5, 0.6) is 0 Å². The Balaban J connectivity index is 1.79. The molecule has 2 aromatic rings. The maximum absolute atomic E-state index is 12.4. The second-order valence-corrected chi connectivity index (χ2v) is 6.82. The molecule has 5 heteroatoms. The van der Waals surface area contributed by atoms with Gasteiger partial charge < -0.3 is 10.6 Å². The zero-order chi connectivity index (χ0) is 14.2. The van der Waals surface area contributed by atoms with Crippen LogP contribution in [-0.4, -0.2) is 23.0 Å². The third kappa shape index (κ3) is 2.55. The average molecular weight is 289 g/mol. The van der Waals surface area contributed by atoms with E-state index in [1.54, 1.807) is 11.3 Å². The lowest BCUT2D eigenvalue weighted by Crippen LogP contribution is -2.54.